The molecule has 0 unspecified atom stereocenters. The van der Waals surface area contributed by atoms with E-state index in [2.05, 4.69) is 32.0 Å². The molecule has 1 saturated heterocycles. The molecule has 0 amide bonds. The van der Waals surface area contributed by atoms with Crippen molar-refractivity contribution in [3.8, 4) is 0 Å². The second-order valence-corrected chi connectivity index (χ2v) is 5.94. The van der Waals surface area contributed by atoms with E-state index in [1.807, 2.05) is 18.2 Å². The van der Waals surface area contributed by atoms with Gasteiger partial charge in [-0.15, -0.1) is 0 Å². The Bertz CT molecular complexity index is 655. The Balaban J connectivity index is 1.60. The van der Waals surface area contributed by atoms with Crippen molar-refractivity contribution in [3.63, 3.8) is 0 Å². The molecule has 1 aliphatic rings. The molecule has 1 aromatic heterocycles. The third kappa shape index (κ3) is 3.93. The smallest absolute Gasteiger partial charge is 0.224 e. The van der Waals surface area contributed by atoms with Crippen LogP contribution in [0.2, 0.25) is 0 Å². The van der Waals surface area contributed by atoms with Crippen LogP contribution in [-0.4, -0.2) is 42.7 Å². The summed E-state index contributed by atoms with van der Waals surface area (Å²) >= 11 is 0. The highest BCUT2D eigenvalue weighted by atomic mass is 19.1. The predicted octanol–water partition coefficient (Wildman–Crippen LogP) is 3.15. The zero-order valence-corrected chi connectivity index (χ0v) is 14.1. The van der Waals surface area contributed by atoms with Gasteiger partial charge in [-0.2, -0.15) is 4.98 Å². The fourth-order valence-corrected chi connectivity index (χ4v) is 2.87. The van der Waals surface area contributed by atoms with Gasteiger partial charge in [0.1, 0.15) is 11.6 Å². The van der Waals surface area contributed by atoms with Gasteiger partial charge in [0.2, 0.25) is 5.95 Å². The molecule has 2 heterocycles. The van der Waals surface area contributed by atoms with Gasteiger partial charge in [0.05, 0.1) is 5.69 Å². The number of hydrogen-bond donors (Lipinski definition) is 1. The maximum Gasteiger partial charge on any atom is 0.224 e. The lowest BCUT2D eigenvalue weighted by atomic mass is 10.2. The van der Waals surface area contributed by atoms with Crippen LogP contribution in [0.4, 0.5) is 21.8 Å². The second kappa shape index (κ2) is 7.95. The first kappa shape index (κ1) is 16.5. The number of nitrogens with one attached hydrogen (secondary N) is 1. The Kier molecular flexibility index (Phi) is 5.46. The molecule has 1 aliphatic heterocycles. The number of hydrogen-bond acceptors (Lipinski definition) is 5. The van der Waals surface area contributed by atoms with Crippen LogP contribution in [0.1, 0.15) is 19.8 Å². The van der Waals surface area contributed by atoms with Crippen molar-refractivity contribution in [3.05, 3.63) is 42.3 Å². The minimum atomic E-state index is -0.157. The monoisotopic (exact) mass is 329 g/mol. The summed E-state index contributed by atoms with van der Waals surface area (Å²) in [7, 11) is 0. The highest BCUT2D eigenvalue weighted by Gasteiger charge is 2.20. The molecular weight excluding hydrogens is 305 g/mol. The maximum absolute atomic E-state index is 13.9. The van der Waals surface area contributed by atoms with E-state index in [4.69, 9.17) is 0 Å². The summed E-state index contributed by atoms with van der Waals surface area (Å²) in [5, 5.41) is 3.26. The van der Waals surface area contributed by atoms with E-state index in [0.717, 1.165) is 51.4 Å². The number of benzene rings is 1. The molecule has 0 radical (unpaired) electrons. The van der Waals surface area contributed by atoms with Gasteiger partial charge in [0.15, 0.2) is 0 Å². The topological polar surface area (TPSA) is 44.3 Å². The molecule has 1 fully saturated rings. The maximum atomic E-state index is 13.9. The van der Waals surface area contributed by atoms with Crippen molar-refractivity contribution in [2.45, 2.75) is 19.8 Å². The highest BCUT2D eigenvalue weighted by Crippen LogP contribution is 2.22. The number of unbranched alkanes of at least 4 members (excludes halogenated alkanes) is 1. The van der Waals surface area contributed by atoms with E-state index in [0.29, 0.717) is 11.6 Å². The molecule has 128 valence electrons. The Hall–Kier alpha value is -2.37. The first-order chi connectivity index (χ1) is 11.8. The predicted molar refractivity (Wildman–Crippen MR) is 96.3 cm³/mol. The first-order valence-corrected chi connectivity index (χ1v) is 8.59. The number of piperazine rings is 1. The van der Waals surface area contributed by atoms with E-state index >= 15 is 0 Å². The average Bonchev–Trinajstić information content (AvgIpc) is 2.63. The van der Waals surface area contributed by atoms with Gasteiger partial charge in [0.25, 0.3) is 0 Å². The number of halogens is 1. The van der Waals surface area contributed by atoms with Gasteiger partial charge in [-0.25, -0.2) is 9.37 Å². The minimum Gasteiger partial charge on any atom is -0.366 e. The van der Waals surface area contributed by atoms with E-state index in [-0.39, 0.29) is 5.82 Å². The molecule has 2 aromatic rings. The molecule has 6 heteroatoms. The van der Waals surface area contributed by atoms with Crippen LogP contribution in [0, 0.1) is 5.82 Å². The molecule has 0 saturated carbocycles. The lowest BCUT2D eigenvalue weighted by Gasteiger charge is -2.36. The highest BCUT2D eigenvalue weighted by molar-refractivity contribution is 5.51. The van der Waals surface area contributed by atoms with Gasteiger partial charge in [-0.1, -0.05) is 25.5 Å². The van der Waals surface area contributed by atoms with Gasteiger partial charge < -0.3 is 15.1 Å². The third-order valence-electron chi connectivity index (χ3n) is 4.25. The van der Waals surface area contributed by atoms with Crippen LogP contribution in [0.5, 0.6) is 0 Å². The fraction of sp³-hybridized carbons (Fsp3) is 0.444. The molecule has 1 N–H and O–H groups in total. The van der Waals surface area contributed by atoms with E-state index < -0.39 is 0 Å². The van der Waals surface area contributed by atoms with Gasteiger partial charge in [0, 0.05) is 38.9 Å². The number of nitrogens with zero attached hydrogens (tertiary/aromatic N) is 4. The SMILES string of the molecule is CCCCNc1nccc(N2CCN(c3ccccc3F)CC2)n1. The van der Waals surface area contributed by atoms with Crippen LogP contribution >= 0.6 is 0 Å². The number of para-hydroxylation sites is 1. The molecule has 0 aliphatic carbocycles. The quantitative estimate of drug-likeness (QED) is 0.825. The van der Waals surface area contributed by atoms with Crippen LogP contribution < -0.4 is 15.1 Å². The molecule has 3 rings (SSSR count). The third-order valence-corrected chi connectivity index (χ3v) is 4.25. The van der Waals surface area contributed by atoms with Crippen LogP contribution in [-0.2, 0) is 0 Å². The molecule has 0 atom stereocenters. The minimum absolute atomic E-state index is 0.157. The van der Waals surface area contributed by atoms with E-state index in [1.165, 1.54) is 6.07 Å². The second-order valence-electron chi connectivity index (χ2n) is 5.94. The van der Waals surface area contributed by atoms with E-state index in [1.54, 1.807) is 12.3 Å². The Morgan fingerprint density at radius 3 is 2.58 bits per heavy atom. The summed E-state index contributed by atoms with van der Waals surface area (Å²) in [4.78, 5) is 13.2. The molecule has 5 nitrogen and oxygen atoms in total. The van der Waals surface area contributed by atoms with Crippen molar-refractivity contribution in [1.82, 2.24) is 9.97 Å². The van der Waals surface area contributed by atoms with Crippen LogP contribution in [0.3, 0.4) is 0 Å². The van der Waals surface area contributed by atoms with Gasteiger partial charge in [-0.05, 0) is 24.6 Å². The van der Waals surface area contributed by atoms with Crippen molar-refractivity contribution in [2.75, 3.05) is 47.8 Å². The summed E-state index contributed by atoms with van der Waals surface area (Å²) in [6.45, 7) is 6.25. The van der Waals surface area contributed by atoms with Crippen LogP contribution in [0.15, 0.2) is 36.5 Å². The normalized spacial score (nSPS) is 14.8. The van der Waals surface area contributed by atoms with Crippen molar-refractivity contribution in [2.24, 2.45) is 0 Å². The lowest BCUT2D eigenvalue weighted by molar-refractivity contribution is 0.596. The standard InChI is InChI=1S/C18H24FN5/c1-2-3-9-20-18-21-10-8-17(22-18)24-13-11-23(12-14-24)16-7-5-4-6-15(16)19/h4-8,10H,2-3,9,11-14H2,1H3,(H,20,21,22). The average molecular weight is 329 g/mol. The van der Waals surface area contributed by atoms with Gasteiger partial charge in [-0.3, -0.25) is 0 Å². The molecule has 1 aromatic carbocycles. The summed E-state index contributed by atoms with van der Waals surface area (Å²) in [5.74, 6) is 1.45. The Morgan fingerprint density at radius 2 is 1.83 bits per heavy atom. The fourth-order valence-electron chi connectivity index (χ4n) is 2.87. The first-order valence-electron chi connectivity index (χ1n) is 8.59. The largest absolute Gasteiger partial charge is 0.366 e. The van der Waals surface area contributed by atoms with Crippen molar-refractivity contribution in [1.29, 1.82) is 0 Å². The van der Waals surface area contributed by atoms with E-state index in [9.17, 15) is 4.39 Å². The summed E-state index contributed by atoms with van der Waals surface area (Å²) in [6, 6.07) is 8.89. The lowest BCUT2D eigenvalue weighted by Crippen LogP contribution is -2.47. The number of anilines is 3. The molecule has 0 spiro atoms. The van der Waals surface area contributed by atoms with Crippen molar-refractivity contribution >= 4 is 17.5 Å². The molecule has 24 heavy (non-hydrogen) atoms. The Labute approximate surface area is 142 Å². The summed E-state index contributed by atoms with van der Waals surface area (Å²) in [5.41, 5.74) is 0.682. The summed E-state index contributed by atoms with van der Waals surface area (Å²) < 4.78 is 13.9. The number of aromatic nitrogens is 2. The molecular formula is C18H24FN5. The zero-order chi connectivity index (χ0) is 16.8. The summed E-state index contributed by atoms with van der Waals surface area (Å²) in [6.07, 6.45) is 4.04. The van der Waals surface area contributed by atoms with Crippen LogP contribution in [0.25, 0.3) is 0 Å². The Morgan fingerprint density at radius 1 is 1.08 bits per heavy atom. The van der Waals surface area contributed by atoms with Gasteiger partial charge >= 0.3 is 0 Å². The van der Waals surface area contributed by atoms with Crippen molar-refractivity contribution < 1.29 is 4.39 Å². The molecule has 0 bridgehead atoms. The number of rotatable bonds is 6. The zero-order valence-electron chi connectivity index (χ0n) is 14.1.